The maximum Gasteiger partial charge on any atom is 0.253 e. The Labute approximate surface area is 166 Å². The molecule has 5 nitrogen and oxygen atoms in total. The first-order chi connectivity index (χ1) is 13.7. The molecule has 148 valence electrons. The van der Waals surface area contributed by atoms with Crippen molar-refractivity contribution < 1.29 is 14.3 Å². The van der Waals surface area contributed by atoms with Crippen molar-refractivity contribution in [2.75, 3.05) is 19.6 Å². The Bertz CT molecular complexity index is 786. The molecule has 4 saturated heterocycles. The molecule has 4 heterocycles. The van der Waals surface area contributed by atoms with Crippen LogP contribution in [0.2, 0.25) is 0 Å². The van der Waals surface area contributed by atoms with Crippen LogP contribution in [0.5, 0.6) is 5.75 Å². The van der Waals surface area contributed by atoms with Crippen LogP contribution in [0.4, 0.5) is 0 Å². The standard InChI is InChI=1S/C23H28N2O3/c26-14-16-5-8-19(9-6-16)28-15-18-7-10-21-20-4-2-12-24-11-1-3-17(22(20)24)13-25(21)23(18)27/h5-6,8-9,14-15,17,20-22H,1-4,7,10-13H2/b18-15-/t17-,20+,21+,22-/m0/s1. The van der Waals surface area contributed by atoms with Gasteiger partial charge >= 0.3 is 0 Å². The van der Waals surface area contributed by atoms with Gasteiger partial charge < -0.3 is 9.64 Å². The average Bonchev–Trinajstić information content (AvgIpc) is 2.74. The lowest BCUT2D eigenvalue weighted by Crippen LogP contribution is -2.66. The minimum atomic E-state index is 0.168. The summed E-state index contributed by atoms with van der Waals surface area (Å²) in [6, 6.07) is 8.08. The molecule has 0 saturated carbocycles. The van der Waals surface area contributed by atoms with Crippen molar-refractivity contribution >= 4 is 12.2 Å². The maximum atomic E-state index is 13.2. The van der Waals surface area contributed by atoms with Gasteiger partial charge in [-0.15, -0.1) is 0 Å². The number of aldehydes is 1. The molecular weight excluding hydrogens is 352 g/mol. The van der Waals surface area contributed by atoms with Gasteiger partial charge in [0.25, 0.3) is 5.91 Å². The van der Waals surface area contributed by atoms with Crippen LogP contribution in [-0.4, -0.2) is 53.7 Å². The van der Waals surface area contributed by atoms with Crippen LogP contribution in [-0.2, 0) is 4.79 Å². The fraction of sp³-hybridized carbons (Fsp3) is 0.565. The van der Waals surface area contributed by atoms with E-state index in [0.29, 0.717) is 35.2 Å². The van der Waals surface area contributed by atoms with Crippen LogP contribution in [0.3, 0.4) is 0 Å². The lowest BCUT2D eigenvalue weighted by Gasteiger charge is -2.58. The Morgan fingerprint density at radius 2 is 1.82 bits per heavy atom. The number of carbonyl (C=O) groups excluding carboxylic acids is 2. The molecule has 0 bridgehead atoms. The Morgan fingerprint density at radius 3 is 2.61 bits per heavy atom. The van der Waals surface area contributed by atoms with Crippen LogP contribution >= 0.6 is 0 Å². The second kappa shape index (κ2) is 7.36. The molecule has 0 aliphatic carbocycles. The first-order valence-corrected chi connectivity index (χ1v) is 10.7. The van der Waals surface area contributed by atoms with E-state index in [2.05, 4.69) is 9.80 Å². The molecule has 5 heteroatoms. The van der Waals surface area contributed by atoms with Crippen LogP contribution in [0.25, 0.3) is 0 Å². The van der Waals surface area contributed by atoms with Crippen molar-refractivity contribution in [3.63, 3.8) is 0 Å². The van der Waals surface area contributed by atoms with Gasteiger partial charge in [-0.25, -0.2) is 0 Å². The van der Waals surface area contributed by atoms with Gasteiger partial charge in [-0.2, -0.15) is 0 Å². The van der Waals surface area contributed by atoms with Gasteiger partial charge in [-0.3, -0.25) is 14.5 Å². The van der Waals surface area contributed by atoms with Crippen LogP contribution in [0.15, 0.2) is 36.1 Å². The second-order valence-corrected chi connectivity index (χ2v) is 8.75. The number of ether oxygens (including phenoxy) is 1. The van der Waals surface area contributed by atoms with Gasteiger partial charge in [0, 0.05) is 24.2 Å². The summed E-state index contributed by atoms with van der Waals surface area (Å²) in [7, 11) is 0. The average molecular weight is 380 g/mol. The normalized spacial score (nSPS) is 33.9. The highest BCUT2D eigenvalue weighted by Crippen LogP contribution is 2.45. The Balaban J connectivity index is 1.32. The van der Waals surface area contributed by atoms with Crippen molar-refractivity contribution in [2.45, 2.75) is 50.6 Å². The highest BCUT2D eigenvalue weighted by Gasteiger charge is 2.51. The summed E-state index contributed by atoms with van der Waals surface area (Å²) < 4.78 is 5.75. The molecule has 1 amide bonds. The van der Waals surface area contributed by atoms with Crippen LogP contribution < -0.4 is 4.74 Å². The molecule has 1 aromatic rings. The number of carbonyl (C=O) groups is 2. The number of hydrogen-bond donors (Lipinski definition) is 0. The third-order valence-electron chi connectivity index (χ3n) is 7.27. The van der Waals surface area contributed by atoms with E-state index in [0.717, 1.165) is 31.2 Å². The van der Waals surface area contributed by atoms with E-state index < -0.39 is 0 Å². The predicted octanol–water partition coefficient (Wildman–Crippen LogP) is 3.26. The van der Waals surface area contributed by atoms with Crippen molar-refractivity contribution in [1.82, 2.24) is 9.80 Å². The largest absolute Gasteiger partial charge is 0.465 e. The highest BCUT2D eigenvalue weighted by molar-refractivity contribution is 5.94. The highest BCUT2D eigenvalue weighted by atomic mass is 16.5. The third-order valence-corrected chi connectivity index (χ3v) is 7.27. The Kier molecular flexibility index (Phi) is 4.71. The smallest absolute Gasteiger partial charge is 0.253 e. The number of nitrogens with zero attached hydrogens (tertiary/aromatic N) is 2. The minimum absolute atomic E-state index is 0.168. The topological polar surface area (TPSA) is 49.9 Å². The van der Waals surface area contributed by atoms with E-state index in [9.17, 15) is 9.59 Å². The molecule has 0 aromatic heterocycles. The van der Waals surface area contributed by atoms with E-state index in [4.69, 9.17) is 4.74 Å². The van der Waals surface area contributed by atoms with Gasteiger partial charge in [-0.1, -0.05) is 0 Å². The number of piperidine rings is 4. The molecular formula is C23H28N2O3. The zero-order chi connectivity index (χ0) is 19.1. The van der Waals surface area contributed by atoms with Crippen molar-refractivity contribution in [1.29, 1.82) is 0 Å². The fourth-order valence-corrected chi connectivity index (χ4v) is 6.07. The van der Waals surface area contributed by atoms with E-state index in [-0.39, 0.29) is 5.91 Å². The van der Waals surface area contributed by atoms with Gasteiger partial charge in [0.15, 0.2) is 0 Å². The molecule has 0 unspecified atom stereocenters. The first kappa shape index (κ1) is 17.9. The summed E-state index contributed by atoms with van der Waals surface area (Å²) in [6.45, 7) is 3.41. The number of benzene rings is 1. The lowest BCUT2D eigenvalue weighted by atomic mass is 9.68. The lowest BCUT2D eigenvalue weighted by molar-refractivity contribution is -0.145. The molecule has 1 aromatic carbocycles. The van der Waals surface area contributed by atoms with Crippen LogP contribution in [0.1, 0.15) is 48.9 Å². The molecule has 28 heavy (non-hydrogen) atoms. The van der Waals surface area contributed by atoms with Crippen molar-refractivity contribution in [3.8, 4) is 5.75 Å². The molecule has 5 rings (SSSR count). The van der Waals surface area contributed by atoms with Gasteiger partial charge in [-0.05, 0) is 87.7 Å². The van der Waals surface area contributed by atoms with Gasteiger partial charge in [0.2, 0.25) is 0 Å². The summed E-state index contributed by atoms with van der Waals surface area (Å²) >= 11 is 0. The molecule has 4 aliphatic heterocycles. The van der Waals surface area contributed by atoms with E-state index >= 15 is 0 Å². The zero-order valence-electron chi connectivity index (χ0n) is 16.3. The van der Waals surface area contributed by atoms with E-state index in [1.807, 2.05) is 0 Å². The van der Waals surface area contributed by atoms with Crippen molar-refractivity contribution in [2.24, 2.45) is 11.8 Å². The molecule has 0 spiro atoms. The molecule has 4 fully saturated rings. The number of fused-ring (bicyclic) bond motifs is 2. The van der Waals surface area contributed by atoms with Gasteiger partial charge in [0.1, 0.15) is 12.0 Å². The van der Waals surface area contributed by atoms with E-state index in [1.165, 1.54) is 38.8 Å². The summed E-state index contributed by atoms with van der Waals surface area (Å²) in [5.74, 6) is 2.11. The molecule has 4 atom stereocenters. The second-order valence-electron chi connectivity index (χ2n) is 8.75. The molecule has 4 aliphatic rings. The minimum Gasteiger partial charge on any atom is -0.465 e. The Morgan fingerprint density at radius 1 is 1.04 bits per heavy atom. The third kappa shape index (κ3) is 3.06. The fourth-order valence-electron chi connectivity index (χ4n) is 6.07. The SMILES string of the molecule is O=Cc1ccc(O/C=C2/CC[C@@H]3[C@H]4CCCN5CCC[C@@H](CN3C2=O)[C@@H]45)cc1. The summed E-state index contributed by atoms with van der Waals surface area (Å²) in [6.07, 6.45) is 9.35. The van der Waals surface area contributed by atoms with E-state index in [1.54, 1.807) is 30.5 Å². The van der Waals surface area contributed by atoms with Crippen molar-refractivity contribution in [3.05, 3.63) is 41.7 Å². The molecule has 0 N–H and O–H groups in total. The zero-order valence-corrected chi connectivity index (χ0v) is 16.3. The molecule has 0 radical (unpaired) electrons. The predicted molar refractivity (Wildman–Crippen MR) is 106 cm³/mol. The number of hydrogen-bond acceptors (Lipinski definition) is 4. The summed E-state index contributed by atoms with van der Waals surface area (Å²) in [5.41, 5.74) is 1.39. The summed E-state index contributed by atoms with van der Waals surface area (Å²) in [4.78, 5) is 28.9. The maximum absolute atomic E-state index is 13.2. The van der Waals surface area contributed by atoms with Gasteiger partial charge in [0.05, 0.1) is 11.8 Å². The first-order valence-electron chi connectivity index (χ1n) is 10.7. The monoisotopic (exact) mass is 380 g/mol. The van der Waals surface area contributed by atoms with Crippen LogP contribution in [0, 0.1) is 11.8 Å². The number of amides is 1. The summed E-state index contributed by atoms with van der Waals surface area (Å²) in [5, 5.41) is 0. The Hall–Kier alpha value is -2.14. The number of rotatable bonds is 3. The quantitative estimate of drug-likeness (QED) is 0.459.